The molecule has 11 heteroatoms. The van der Waals surface area contributed by atoms with Crippen molar-refractivity contribution in [3.63, 3.8) is 0 Å². The van der Waals surface area contributed by atoms with E-state index in [1.807, 2.05) is 0 Å². The summed E-state index contributed by atoms with van der Waals surface area (Å²) < 4.78 is 78.7. The van der Waals surface area contributed by atoms with Gasteiger partial charge in [-0.2, -0.15) is 4.31 Å². The average molecular weight is 345 g/mol. The molecule has 0 heterocycles. The Kier molecular flexibility index (Phi) is 5.03. The molecule has 1 rings (SSSR count). The zero-order valence-corrected chi connectivity index (χ0v) is 12.1. The summed E-state index contributed by atoms with van der Waals surface area (Å²) in [5.41, 5.74) is 0. The first-order valence-corrected chi connectivity index (χ1v) is 7.07. The molecule has 0 amide bonds. The number of likely N-dealkylation sites (N-methyl/N-ethyl adjacent to an activating group) is 1. The van der Waals surface area contributed by atoms with Gasteiger partial charge in [-0.1, -0.05) is 6.07 Å². The molecule has 0 aliphatic rings. The minimum Gasteiger partial charge on any atom is -0.480 e. The third-order valence-electron chi connectivity index (χ3n) is 2.70. The maximum Gasteiger partial charge on any atom is 0.573 e. The van der Waals surface area contributed by atoms with Gasteiger partial charge in [-0.05, 0) is 19.1 Å². The van der Waals surface area contributed by atoms with Crippen LogP contribution < -0.4 is 4.74 Å². The molecule has 0 radical (unpaired) electrons. The maximum absolute atomic E-state index is 13.7. The molecule has 1 aromatic carbocycles. The number of aliphatic carboxylic acids is 1. The van der Waals surface area contributed by atoms with Crippen molar-refractivity contribution in [3.05, 3.63) is 24.0 Å². The smallest absolute Gasteiger partial charge is 0.480 e. The Labute approximate surface area is 123 Å². The SMILES string of the molecule is CC(C(=O)O)N(C)S(=O)(=O)c1c(F)cccc1OC(F)(F)F. The lowest BCUT2D eigenvalue weighted by Crippen LogP contribution is -2.40. The van der Waals surface area contributed by atoms with Gasteiger partial charge in [0.15, 0.2) is 10.6 Å². The highest BCUT2D eigenvalue weighted by Crippen LogP contribution is 2.33. The fraction of sp³-hybridized carbons (Fsp3) is 0.364. The Bertz CT molecular complexity index is 674. The molecule has 1 atom stereocenters. The molecule has 1 N–H and O–H groups in total. The lowest BCUT2D eigenvalue weighted by Gasteiger charge is -2.23. The quantitative estimate of drug-likeness (QED) is 0.823. The van der Waals surface area contributed by atoms with E-state index in [-0.39, 0.29) is 4.31 Å². The van der Waals surface area contributed by atoms with Crippen molar-refractivity contribution < 1.29 is 40.6 Å². The number of hydrogen-bond acceptors (Lipinski definition) is 4. The molecule has 0 fully saturated rings. The first-order chi connectivity index (χ1) is 9.88. The van der Waals surface area contributed by atoms with E-state index in [0.717, 1.165) is 20.0 Å². The second-order valence-electron chi connectivity index (χ2n) is 4.15. The largest absolute Gasteiger partial charge is 0.573 e. The van der Waals surface area contributed by atoms with Crippen molar-refractivity contribution in [2.24, 2.45) is 0 Å². The van der Waals surface area contributed by atoms with Gasteiger partial charge in [0.05, 0.1) is 0 Å². The van der Waals surface area contributed by atoms with Crippen LogP contribution in [0.3, 0.4) is 0 Å². The van der Waals surface area contributed by atoms with Crippen LogP contribution in [0.15, 0.2) is 23.1 Å². The highest BCUT2D eigenvalue weighted by Gasteiger charge is 2.38. The van der Waals surface area contributed by atoms with Gasteiger partial charge in [0.1, 0.15) is 11.9 Å². The second-order valence-corrected chi connectivity index (χ2v) is 6.08. The van der Waals surface area contributed by atoms with E-state index in [9.17, 15) is 30.8 Å². The zero-order chi connectivity index (χ0) is 17.3. The number of carbonyl (C=O) groups is 1. The molecule has 0 saturated heterocycles. The van der Waals surface area contributed by atoms with Gasteiger partial charge >= 0.3 is 12.3 Å². The third-order valence-corrected chi connectivity index (χ3v) is 4.68. The van der Waals surface area contributed by atoms with Crippen molar-refractivity contribution in [2.75, 3.05) is 7.05 Å². The number of carboxylic acid groups (broad SMARTS) is 1. The number of ether oxygens (including phenoxy) is 1. The maximum atomic E-state index is 13.7. The van der Waals surface area contributed by atoms with Crippen LogP contribution in [0.1, 0.15) is 6.92 Å². The van der Waals surface area contributed by atoms with Gasteiger partial charge in [0, 0.05) is 7.05 Å². The summed E-state index contributed by atoms with van der Waals surface area (Å²) in [6, 6.07) is 0.442. The van der Waals surface area contributed by atoms with Gasteiger partial charge < -0.3 is 9.84 Å². The van der Waals surface area contributed by atoms with Crippen LogP contribution in [0.25, 0.3) is 0 Å². The van der Waals surface area contributed by atoms with E-state index in [0.29, 0.717) is 12.1 Å². The first kappa shape index (κ1) is 18.2. The minimum absolute atomic E-state index is 0.233. The Balaban J connectivity index is 3.45. The lowest BCUT2D eigenvalue weighted by molar-refractivity contribution is -0.275. The van der Waals surface area contributed by atoms with Crippen molar-refractivity contribution in [3.8, 4) is 5.75 Å². The molecule has 1 aromatic rings. The van der Waals surface area contributed by atoms with E-state index in [2.05, 4.69) is 4.74 Å². The summed E-state index contributed by atoms with van der Waals surface area (Å²) in [7, 11) is -4.06. The Morgan fingerprint density at radius 3 is 2.36 bits per heavy atom. The second kappa shape index (κ2) is 6.08. The summed E-state index contributed by atoms with van der Waals surface area (Å²) in [5.74, 6) is -4.33. The van der Waals surface area contributed by atoms with Crippen LogP contribution in [0.2, 0.25) is 0 Å². The van der Waals surface area contributed by atoms with E-state index in [1.165, 1.54) is 0 Å². The normalized spacial score (nSPS) is 14.0. The molecule has 0 aromatic heterocycles. The van der Waals surface area contributed by atoms with E-state index >= 15 is 0 Å². The minimum atomic E-state index is -5.24. The molecule has 0 saturated carbocycles. The Morgan fingerprint density at radius 2 is 1.91 bits per heavy atom. The number of alkyl halides is 3. The highest BCUT2D eigenvalue weighted by molar-refractivity contribution is 7.89. The topological polar surface area (TPSA) is 83.9 Å². The first-order valence-electron chi connectivity index (χ1n) is 5.63. The monoisotopic (exact) mass is 345 g/mol. The fourth-order valence-electron chi connectivity index (χ4n) is 1.45. The lowest BCUT2D eigenvalue weighted by atomic mass is 10.3. The number of carboxylic acids is 1. The fourth-order valence-corrected chi connectivity index (χ4v) is 2.93. The summed E-state index contributed by atoms with van der Waals surface area (Å²) >= 11 is 0. The van der Waals surface area contributed by atoms with Crippen LogP contribution >= 0.6 is 0 Å². The third kappa shape index (κ3) is 3.85. The zero-order valence-electron chi connectivity index (χ0n) is 11.3. The average Bonchev–Trinajstić information content (AvgIpc) is 2.34. The van der Waals surface area contributed by atoms with Crippen molar-refractivity contribution in [2.45, 2.75) is 24.2 Å². The van der Waals surface area contributed by atoms with Crippen LogP contribution in [0.4, 0.5) is 17.6 Å². The van der Waals surface area contributed by atoms with E-state index in [1.54, 1.807) is 0 Å². The molecule has 22 heavy (non-hydrogen) atoms. The predicted molar refractivity (Wildman–Crippen MR) is 65.1 cm³/mol. The number of nitrogens with zero attached hydrogens (tertiary/aromatic N) is 1. The molecule has 0 aliphatic carbocycles. The Morgan fingerprint density at radius 1 is 1.36 bits per heavy atom. The molecule has 0 aliphatic heterocycles. The van der Waals surface area contributed by atoms with E-state index < -0.39 is 44.9 Å². The number of hydrogen-bond donors (Lipinski definition) is 1. The van der Waals surface area contributed by atoms with Gasteiger partial charge in [-0.25, -0.2) is 12.8 Å². The number of sulfonamides is 1. The molecule has 124 valence electrons. The summed E-state index contributed by atoms with van der Waals surface area (Å²) in [5, 5.41) is 8.78. The summed E-state index contributed by atoms with van der Waals surface area (Å²) in [6.07, 6.45) is -5.24. The Hall–Kier alpha value is -1.88. The molecule has 0 spiro atoms. The molecule has 0 bridgehead atoms. The summed E-state index contributed by atoms with van der Waals surface area (Å²) in [4.78, 5) is 9.42. The number of halogens is 4. The van der Waals surface area contributed by atoms with E-state index in [4.69, 9.17) is 5.11 Å². The van der Waals surface area contributed by atoms with Crippen LogP contribution in [0, 0.1) is 5.82 Å². The molecular weight excluding hydrogens is 334 g/mol. The highest BCUT2D eigenvalue weighted by atomic mass is 32.2. The van der Waals surface area contributed by atoms with Gasteiger partial charge in [0.2, 0.25) is 10.0 Å². The van der Waals surface area contributed by atoms with Crippen molar-refractivity contribution in [1.82, 2.24) is 4.31 Å². The standard InChI is InChI=1S/C11H11F4NO5S/c1-6(10(17)18)16(2)22(19,20)9-7(12)4-3-5-8(9)21-11(13,14)15/h3-6H,1-2H3,(H,17,18). The van der Waals surface area contributed by atoms with Crippen LogP contribution in [0.5, 0.6) is 5.75 Å². The number of benzene rings is 1. The van der Waals surface area contributed by atoms with Gasteiger partial charge in [0.25, 0.3) is 0 Å². The van der Waals surface area contributed by atoms with Crippen molar-refractivity contribution >= 4 is 16.0 Å². The number of rotatable bonds is 5. The van der Waals surface area contributed by atoms with Crippen LogP contribution in [-0.2, 0) is 14.8 Å². The van der Waals surface area contributed by atoms with Gasteiger partial charge in [-0.3, -0.25) is 4.79 Å². The molecule has 6 nitrogen and oxygen atoms in total. The predicted octanol–water partition coefficient (Wildman–Crippen LogP) is 1.82. The molecular formula is C11H11F4NO5S. The summed E-state index contributed by atoms with van der Waals surface area (Å²) in [6.45, 7) is 0.977. The van der Waals surface area contributed by atoms with Crippen LogP contribution in [-0.4, -0.2) is 43.3 Å². The molecule has 1 unspecified atom stereocenters. The van der Waals surface area contributed by atoms with Crippen molar-refractivity contribution in [1.29, 1.82) is 0 Å². The van der Waals surface area contributed by atoms with Gasteiger partial charge in [-0.15, -0.1) is 13.2 Å².